The molecular weight excluding hydrogens is 286 g/mol. The van der Waals surface area contributed by atoms with E-state index in [2.05, 4.69) is 31.2 Å². The third-order valence-corrected chi connectivity index (χ3v) is 3.21. The molecule has 0 radical (unpaired) electrons. The molecule has 6 heteroatoms. The fourth-order valence-corrected chi connectivity index (χ4v) is 2.11. The van der Waals surface area contributed by atoms with Crippen molar-refractivity contribution >= 4 is 21.9 Å². The van der Waals surface area contributed by atoms with E-state index < -0.39 is 0 Å². The zero-order valence-electron chi connectivity index (χ0n) is 9.78. The van der Waals surface area contributed by atoms with Gasteiger partial charge in [-0.1, -0.05) is 0 Å². The molecule has 0 spiro atoms. The molecule has 1 aliphatic rings. The minimum absolute atomic E-state index is 0.266. The van der Waals surface area contributed by atoms with E-state index in [1.54, 1.807) is 13.3 Å². The molecule has 1 atom stereocenters. The lowest BCUT2D eigenvalue weighted by atomic mass is 10.1. The van der Waals surface area contributed by atoms with Gasteiger partial charge >= 0.3 is 0 Å². The molecule has 2 rings (SSSR count). The van der Waals surface area contributed by atoms with Crippen LogP contribution in [0.15, 0.2) is 10.7 Å². The highest BCUT2D eigenvalue weighted by molar-refractivity contribution is 9.10. The van der Waals surface area contributed by atoms with Crippen LogP contribution < -0.4 is 10.1 Å². The molecule has 1 aliphatic heterocycles. The summed E-state index contributed by atoms with van der Waals surface area (Å²) in [6.45, 7) is 1.60. The van der Waals surface area contributed by atoms with Crippen molar-refractivity contribution in [3.8, 4) is 5.88 Å². The normalized spacial score (nSPS) is 20.0. The van der Waals surface area contributed by atoms with Gasteiger partial charge in [0.25, 0.3) is 0 Å². The average molecular weight is 302 g/mol. The summed E-state index contributed by atoms with van der Waals surface area (Å²) in [5.74, 6) is 1.10. The topological polar surface area (TPSA) is 56.3 Å². The lowest BCUT2D eigenvalue weighted by molar-refractivity contribution is 0.0246. The molecule has 1 N–H and O–H groups in total. The summed E-state index contributed by atoms with van der Waals surface area (Å²) >= 11 is 3.32. The largest absolute Gasteiger partial charge is 0.480 e. The Morgan fingerprint density at radius 2 is 2.47 bits per heavy atom. The number of aromatic nitrogens is 2. The van der Waals surface area contributed by atoms with Crippen molar-refractivity contribution in [3.05, 3.63) is 10.7 Å². The van der Waals surface area contributed by atoms with Crippen LogP contribution in [0.5, 0.6) is 5.88 Å². The zero-order chi connectivity index (χ0) is 12.1. The number of halogens is 1. The van der Waals surface area contributed by atoms with Gasteiger partial charge in [0.05, 0.1) is 23.9 Å². The highest BCUT2D eigenvalue weighted by Crippen LogP contribution is 2.22. The summed E-state index contributed by atoms with van der Waals surface area (Å²) in [4.78, 5) is 8.39. The summed E-state index contributed by atoms with van der Waals surface area (Å²) in [6, 6.07) is 0. The Kier molecular flexibility index (Phi) is 4.56. The fraction of sp³-hybridized carbons (Fsp3) is 0.636. The Balaban J connectivity index is 1.89. The van der Waals surface area contributed by atoms with E-state index in [1.807, 2.05) is 0 Å². The molecule has 1 saturated heterocycles. The lowest BCUT2D eigenvalue weighted by Gasteiger charge is -2.22. The van der Waals surface area contributed by atoms with Crippen molar-refractivity contribution in [1.29, 1.82) is 0 Å². The molecule has 94 valence electrons. The van der Waals surface area contributed by atoms with E-state index >= 15 is 0 Å². The number of methoxy groups -OCH3 is 1. The SMILES string of the molecule is COc1nc(NCC2CCCCO2)ncc1Br. The first kappa shape index (κ1) is 12.6. The van der Waals surface area contributed by atoms with Crippen molar-refractivity contribution in [2.75, 3.05) is 25.6 Å². The maximum Gasteiger partial charge on any atom is 0.232 e. The highest BCUT2D eigenvalue weighted by atomic mass is 79.9. The maximum absolute atomic E-state index is 5.62. The predicted octanol–water partition coefficient (Wildman–Crippen LogP) is 2.23. The number of rotatable bonds is 4. The molecular formula is C11H16BrN3O2. The first-order valence-electron chi connectivity index (χ1n) is 5.71. The quantitative estimate of drug-likeness (QED) is 0.924. The predicted molar refractivity (Wildman–Crippen MR) is 68.4 cm³/mol. The number of nitrogens with one attached hydrogen (secondary N) is 1. The highest BCUT2D eigenvalue weighted by Gasteiger charge is 2.14. The molecule has 0 aliphatic carbocycles. The third-order valence-electron chi connectivity index (χ3n) is 2.67. The van der Waals surface area contributed by atoms with Gasteiger partial charge in [-0.05, 0) is 35.2 Å². The number of ether oxygens (including phenoxy) is 2. The van der Waals surface area contributed by atoms with Crippen molar-refractivity contribution in [1.82, 2.24) is 9.97 Å². The van der Waals surface area contributed by atoms with Crippen LogP contribution in [0.1, 0.15) is 19.3 Å². The minimum atomic E-state index is 0.266. The zero-order valence-corrected chi connectivity index (χ0v) is 11.4. The molecule has 0 amide bonds. The van der Waals surface area contributed by atoms with E-state index in [9.17, 15) is 0 Å². The molecule has 2 heterocycles. The third kappa shape index (κ3) is 3.54. The standard InChI is InChI=1S/C11H16BrN3O2/c1-16-10-9(12)7-14-11(15-10)13-6-8-4-2-3-5-17-8/h7-8H,2-6H2,1H3,(H,13,14,15). The number of hydrogen-bond acceptors (Lipinski definition) is 5. The van der Waals surface area contributed by atoms with Crippen LogP contribution in [0.2, 0.25) is 0 Å². The van der Waals surface area contributed by atoms with E-state index in [-0.39, 0.29) is 6.10 Å². The molecule has 5 nitrogen and oxygen atoms in total. The monoisotopic (exact) mass is 301 g/mol. The van der Waals surface area contributed by atoms with Gasteiger partial charge in [0.15, 0.2) is 0 Å². The molecule has 0 aromatic carbocycles. The molecule has 1 aromatic rings. The van der Waals surface area contributed by atoms with Crippen molar-refractivity contribution in [2.45, 2.75) is 25.4 Å². The Morgan fingerprint density at radius 3 is 3.18 bits per heavy atom. The van der Waals surface area contributed by atoms with Gasteiger partial charge in [-0.3, -0.25) is 0 Å². The van der Waals surface area contributed by atoms with Gasteiger partial charge in [-0.25, -0.2) is 4.98 Å². The second kappa shape index (κ2) is 6.16. The maximum atomic E-state index is 5.62. The minimum Gasteiger partial charge on any atom is -0.480 e. The Hall–Kier alpha value is -0.880. The Bertz CT molecular complexity index is 370. The van der Waals surface area contributed by atoms with Crippen LogP contribution in [0, 0.1) is 0 Å². The molecule has 0 bridgehead atoms. The summed E-state index contributed by atoms with van der Waals surface area (Å²) in [7, 11) is 1.58. The molecule has 1 unspecified atom stereocenters. The van der Waals surface area contributed by atoms with E-state index in [4.69, 9.17) is 9.47 Å². The first-order chi connectivity index (χ1) is 8.29. The van der Waals surface area contributed by atoms with Crippen LogP contribution in [-0.2, 0) is 4.74 Å². The molecule has 1 aromatic heterocycles. The molecule has 0 saturated carbocycles. The van der Waals surface area contributed by atoms with Gasteiger partial charge in [-0.15, -0.1) is 0 Å². The fourth-order valence-electron chi connectivity index (χ4n) is 1.75. The number of hydrogen-bond donors (Lipinski definition) is 1. The summed E-state index contributed by atoms with van der Waals surface area (Å²) in [5.41, 5.74) is 0. The van der Waals surface area contributed by atoms with Gasteiger partial charge in [0.2, 0.25) is 11.8 Å². The summed E-state index contributed by atoms with van der Waals surface area (Å²) in [6.07, 6.45) is 5.44. The van der Waals surface area contributed by atoms with Crippen LogP contribution in [-0.4, -0.2) is 36.3 Å². The number of anilines is 1. The van der Waals surface area contributed by atoms with Gasteiger partial charge in [0, 0.05) is 13.2 Å². The average Bonchev–Trinajstić information content (AvgIpc) is 2.39. The van der Waals surface area contributed by atoms with Crippen LogP contribution >= 0.6 is 15.9 Å². The Labute approximate surface area is 109 Å². The summed E-state index contributed by atoms with van der Waals surface area (Å²) < 4.78 is 11.5. The van der Waals surface area contributed by atoms with E-state index in [0.717, 1.165) is 24.0 Å². The van der Waals surface area contributed by atoms with Crippen molar-refractivity contribution in [2.24, 2.45) is 0 Å². The van der Waals surface area contributed by atoms with Gasteiger partial charge in [-0.2, -0.15) is 4.98 Å². The first-order valence-corrected chi connectivity index (χ1v) is 6.51. The van der Waals surface area contributed by atoms with Crippen LogP contribution in [0.3, 0.4) is 0 Å². The smallest absolute Gasteiger partial charge is 0.232 e. The van der Waals surface area contributed by atoms with Gasteiger partial charge < -0.3 is 14.8 Å². The van der Waals surface area contributed by atoms with Gasteiger partial charge in [0.1, 0.15) is 0 Å². The van der Waals surface area contributed by atoms with E-state index in [1.165, 1.54) is 12.8 Å². The van der Waals surface area contributed by atoms with E-state index in [0.29, 0.717) is 11.8 Å². The second-order valence-electron chi connectivity index (χ2n) is 3.92. The lowest BCUT2D eigenvalue weighted by Crippen LogP contribution is -2.27. The van der Waals surface area contributed by atoms with Crippen LogP contribution in [0.4, 0.5) is 5.95 Å². The second-order valence-corrected chi connectivity index (χ2v) is 4.77. The van der Waals surface area contributed by atoms with Crippen molar-refractivity contribution in [3.63, 3.8) is 0 Å². The molecule has 1 fully saturated rings. The molecule has 17 heavy (non-hydrogen) atoms. The Morgan fingerprint density at radius 1 is 1.59 bits per heavy atom. The summed E-state index contributed by atoms with van der Waals surface area (Å²) in [5, 5.41) is 3.17. The van der Waals surface area contributed by atoms with Crippen molar-refractivity contribution < 1.29 is 9.47 Å². The van der Waals surface area contributed by atoms with Crippen LogP contribution in [0.25, 0.3) is 0 Å². The number of nitrogens with zero attached hydrogens (tertiary/aromatic N) is 2.